The van der Waals surface area contributed by atoms with Crippen molar-refractivity contribution in [2.24, 2.45) is 0 Å². The summed E-state index contributed by atoms with van der Waals surface area (Å²) < 4.78 is 13.3. The summed E-state index contributed by atoms with van der Waals surface area (Å²) in [6.07, 6.45) is 7.56. The van der Waals surface area contributed by atoms with Crippen LogP contribution in [-0.4, -0.2) is 42.0 Å². The van der Waals surface area contributed by atoms with E-state index in [2.05, 4.69) is 21.8 Å². The molecular formula is C14H25N3O2. The molecule has 1 unspecified atom stereocenters. The average Bonchev–Trinajstić information content (AvgIpc) is 3.08. The monoisotopic (exact) mass is 267 g/mol. The van der Waals surface area contributed by atoms with Gasteiger partial charge in [-0.25, -0.2) is 4.98 Å². The minimum Gasteiger partial charge on any atom is -0.379 e. The maximum atomic E-state index is 5.61. The molecule has 1 aromatic rings. The minimum atomic E-state index is 0.338. The molecule has 0 spiro atoms. The number of aromatic nitrogens is 2. The third-order valence-electron chi connectivity index (χ3n) is 3.40. The fraction of sp³-hybridized carbons (Fsp3) is 0.786. The number of hydrogen-bond donors (Lipinski definition) is 1. The predicted molar refractivity (Wildman–Crippen MR) is 74.0 cm³/mol. The van der Waals surface area contributed by atoms with Gasteiger partial charge in [0.2, 0.25) is 0 Å². The van der Waals surface area contributed by atoms with Crippen molar-refractivity contribution in [1.29, 1.82) is 0 Å². The first-order valence-corrected chi connectivity index (χ1v) is 7.30. The molecule has 5 nitrogen and oxygen atoms in total. The molecule has 1 saturated heterocycles. The lowest BCUT2D eigenvalue weighted by molar-refractivity contribution is 0.0166. The Hall–Kier alpha value is -0.910. The number of nitrogens with zero attached hydrogens (tertiary/aromatic N) is 2. The zero-order valence-corrected chi connectivity index (χ0v) is 11.8. The summed E-state index contributed by atoms with van der Waals surface area (Å²) in [5.41, 5.74) is 0. The Morgan fingerprint density at radius 3 is 3.32 bits per heavy atom. The van der Waals surface area contributed by atoms with Crippen molar-refractivity contribution in [2.75, 3.05) is 26.4 Å². The molecule has 0 bridgehead atoms. The van der Waals surface area contributed by atoms with Gasteiger partial charge in [0, 0.05) is 32.2 Å². The molecule has 2 rings (SSSR count). The van der Waals surface area contributed by atoms with E-state index in [4.69, 9.17) is 9.47 Å². The van der Waals surface area contributed by atoms with Crippen molar-refractivity contribution in [3.8, 4) is 0 Å². The first-order valence-electron chi connectivity index (χ1n) is 7.30. The second-order valence-electron chi connectivity index (χ2n) is 4.87. The van der Waals surface area contributed by atoms with E-state index >= 15 is 0 Å². The molecule has 19 heavy (non-hydrogen) atoms. The highest BCUT2D eigenvalue weighted by atomic mass is 16.5. The van der Waals surface area contributed by atoms with Crippen LogP contribution >= 0.6 is 0 Å². The molecule has 2 heterocycles. The van der Waals surface area contributed by atoms with Gasteiger partial charge < -0.3 is 19.4 Å². The highest BCUT2D eigenvalue weighted by Crippen LogP contribution is 2.11. The molecule has 0 saturated carbocycles. The van der Waals surface area contributed by atoms with Gasteiger partial charge in [0.15, 0.2) is 0 Å². The van der Waals surface area contributed by atoms with Crippen LogP contribution in [0.25, 0.3) is 0 Å². The van der Waals surface area contributed by atoms with Gasteiger partial charge in [-0.15, -0.1) is 0 Å². The molecule has 1 aliphatic rings. The Kier molecular flexibility index (Phi) is 6.33. The minimum absolute atomic E-state index is 0.338. The standard InChI is InChI=1S/C14H25N3O2/c1-2-17-8-7-16-14(17)11-15-6-4-9-18-12-13-5-3-10-19-13/h7-8,13,15H,2-6,9-12H2,1H3. The summed E-state index contributed by atoms with van der Waals surface area (Å²) >= 11 is 0. The Balaban J connectivity index is 1.46. The molecule has 0 aromatic carbocycles. The van der Waals surface area contributed by atoms with E-state index in [-0.39, 0.29) is 0 Å². The van der Waals surface area contributed by atoms with Crippen molar-refractivity contribution in [2.45, 2.75) is 45.4 Å². The molecule has 0 aliphatic carbocycles. The van der Waals surface area contributed by atoms with E-state index in [0.29, 0.717) is 6.10 Å². The fourth-order valence-electron chi connectivity index (χ4n) is 2.29. The van der Waals surface area contributed by atoms with E-state index < -0.39 is 0 Å². The van der Waals surface area contributed by atoms with Gasteiger partial charge in [-0.3, -0.25) is 0 Å². The van der Waals surface area contributed by atoms with E-state index in [1.54, 1.807) is 0 Å². The average molecular weight is 267 g/mol. The SMILES string of the molecule is CCn1ccnc1CNCCCOCC1CCCO1. The number of nitrogens with one attached hydrogen (secondary N) is 1. The van der Waals surface area contributed by atoms with Gasteiger partial charge >= 0.3 is 0 Å². The number of ether oxygens (including phenoxy) is 2. The summed E-state index contributed by atoms with van der Waals surface area (Å²) in [5, 5.41) is 3.40. The number of imidazole rings is 1. The van der Waals surface area contributed by atoms with E-state index in [9.17, 15) is 0 Å². The van der Waals surface area contributed by atoms with Gasteiger partial charge in [0.1, 0.15) is 5.82 Å². The molecule has 1 N–H and O–H groups in total. The second-order valence-corrected chi connectivity index (χ2v) is 4.87. The Morgan fingerprint density at radius 1 is 1.58 bits per heavy atom. The van der Waals surface area contributed by atoms with Crippen molar-refractivity contribution in [3.05, 3.63) is 18.2 Å². The fourth-order valence-corrected chi connectivity index (χ4v) is 2.29. The zero-order chi connectivity index (χ0) is 13.3. The van der Waals surface area contributed by atoms with Crippen LogP contribution in [-0.2, 0) is 22.6 Å². The van der Waals surface area contributed by atoms with Crippen LogP contribution in [0.5, 0.6) is 0 Å². The zero-order valence-electron chi connectivity index (χ0n) is 11.8. The Labute approximate surface area is 115 Å². The molecular weight excluding hydrogens is 242 g/mol. The molecule has 1 aliphatic heterocycles. The van der Waals surface area contributed by atoms with E-state index in [1.165, 1.54) is 6.42 Å². The van der Waals surface area contributed by atoms with Gasteiger partial charge in [-0.1, -0.05) is 0 Å². The Bertz CT molecular complexity index is 348. The first kappa shape index (κ1) is 14.5. The van der Waals surface area contributed by atoms with Crippen LogP contribution in [0, 0.1) is 0 Å². The summed E-state index contributed by atoms with van der Waals surface area (Å²) in [6.45, 7) is 7.34. The van der Waals surface area contributed by atoms with Crippen LogP contribution in [0.2, 0.25) is 0 Å². The number of rotatable bonds is 9. The third-order valence-corrected chi connectivity index (χ3v) is 3.40. The maximum absolute atomic E-state index is 5.61. The lowest BCUT2D eigenvalue weighted by Gasteiger charge is -2.10. The van der Waals surface area contributed by atoms with E-state index in [0.717, 1.165) is 58.1 Å². The molecule has 1 aromatic heterocycles. The highest BCUT2D eigenvalue weighted by Gasteiger charge is 2.14. The summed E-state index contributed by atoms with van der Waals surface area (Å²) in [7, 11) is 0. The first-order chi connectivity index (χ1) is 9.40. The second kappa shape index (κ2) is 8.30. The highest BCUT2D eigenvalue weighted by molar-refractivity contribution is 4.91. The molecule has 0 amide bonds. The van der Waals surface area contributed by atoms with Crippen molar-refractivity contribution in [3.63, 3.8) is 0 Å². The van der Waals surface area contributed by atoms with Crippen LogP contribution in [0.3, 0.4) is 0 Å². The number of hydrogen-bond acceptors (Lipinski definition) is 4. The van der Waals surface area contributed by atoms with Crippen molar-refractivity contribution >= 4 is 0 Å². The normalized spacial score (nSPS) is 19.1. The molecule has 0 radical (unpaired) electrons. The van der Waals surface area contributed by atoms with Gasteiger partial charge in [0.25, 0.3) is 0 Å². The van der Waals surface area contributed by atoms with Gasteiger partial charge in [-0.05, 0) is 32.7 Å². The number of aryl methyl sites for hydroxylation is 1. The molecule has 5 heteroatoms. The van der Waals surface area contributed by atoms with Crippen molar-refractivity contribution < 1.29 is 9.47 Å². The van der Waals surface area contributed by atoms with Gasteiger partial charge in [0.05, 0.1) is 19.3 Å². The largest absolute Gasteiger partial charge is 0.379 e. The summed E-state index contributed by atoms with van der Waals surface area (Å²) in [6, 6.07) is 0. The van der Waals surface area contributed by atoms with Crippen LogP contribution in [0.15, 0.2) is 12.4 Å². The lowest BCUT2D eigenvalue weighted by Crippen LogP contribution is -2.20. The van der Waals surface area contributed by atoms with Crippen LogP contribution < -0.4 is 5.32 Å². The quantitative estimate of drug-likeness (QED) is 0.690. The summed E-state index contributed by atoms with van der Waals surface area (Å²) in [5.74, 6) is 1.10. The smallest absolute Gasteiger partial charge is 0.122 e. The molecule has 1 atom stereocenters. The topological polar surface area (TPSA) is 48.3 Å². The predicted octanol–water partition coefficient (Wildman–Crippen LogP) is 1.58. The van der Waals surface area contributed by atoms with Crippen LogP contribution in [0.4, 0.5) is 0 Å². The maximum Gasteiger partial charge on any atom is 0.122 e. The van der Waals surface area contributed by atoms with Crippen molar-refractivity contribution in [1.82, 2.24) is 14.9 Å². The molecule has 108 valence electrons. The lowest BCUT2D eigenvalue weighted by atomic mass is 10.2. The van der Waals surface area contributed by atoms with E-state index in [1.807, 2.05) is 12.4 Å². The third kappa shape index (κ3) is 4.93. The summed E-state index contributed by atoms with van der Waals surface area (Å²) in [4.78, 5) is 4.33. The Morgan fingerprint density at radius 2 is 2.53 bits per heavy atom. The molecule has 1 fully saturated rings. The van der Waals surface area contributed by atoms with Gasteiger partial charge in [-0.2, -0.15) is 0 Å². The van der Waals surface area contributed by atoms with Crippen LogP contribution in [0.1, 0.15) is 32.0 Å².